The molecule has 96 valence electrons. The molecule has 0 N–H and O–H groups in total. The van der Waals surface area contributed by atoms with E-state index < -0.39 is 0 Å². The fourth-order valence-corrected chi connectivity index (χ4v) is 2.55. The van der Waals surface area contributed by atoms with E-state index in [1.807, 2.05) is 0 Å². The highest BCUT2D eigenvalue weighted by Crippen LogP contribution is 2.22. The average Bonchev–Trinajstić information content (AvgIpc) is 2.99. The summed E-state index contributed by atoms with van der Waals surface area (Å²) in [7, 11) is 0. The number of hydrogen-bond donors (Lipinski definition) is 0. The zero-order valence-electron chi connectivity index (χ0n) is 11.1. The minimum atomic E-state index is 0.496. The molecule has 0 aromatic carbocycles. The van der Waals surface area contributed by atoms with Crippen molar-refractivity contribution in [3.05, 3.63) is 0 Å². The molecule has 0 amide bonds. The molecule has 2 aliphatic rings. The molecule has 2 rings (SSSR count). The maximum atomic E-state index is 5.76. The van der Waals surface area contributed by atoms with E-state index in [1.54, 1.807) is 0 Å². The van der Waals surface area contributed by atoms with Gasteiger partial charge in [0.25, 0.3) is 0 Å². The van der Waals surface area contributed by atoms with Crippen LogP contribution in [0.15, 0.2) is 9.98 Å². The third-order valence-electron chi connectivity index (χ3n) is 3.75. The van der Waals surface area contributed by atoms with Gasteiger partial charge in [0.1, 0.15) is 0 Å². The molecule has 2 heterocycles. The van der Waals surface area contributed by atoms with Crippen LogP contribution in [0.25, 0.3) is 0 Å². The molecule has 0 aliphatic carbocycles. The van der Waals surface area contributed by atoms with Crippen molar-refractivity contribution in [3.8, 4) is 0 Å². The molecule has 2 unspecified atom stereocenters. The molecule has 2 aliphatic heterocycles. The van der Waals surface area contributed by atoms with Gasteiger partial charge >= 0.3 is 0 Å². The van der Waals surface area contributed by atoms with Crippen LogP contribution in [0, 0.1) is 5.92 Å². The van der Waals surface area contributed by atoms with Gasteiger partial charge in [-0.05, 0) is 32.1 Å². The van der Waals surface area contributed by atoms with Crippen molar-refractivity contribution in [1.29, 1.82) is 0 Å². The van der Waals surface area contributed by atoms with Gasteiger partial charge in [0.2, 0.25) is 0 Å². The lowest BCUT2D eigenvalue weighted by molar-refractivity contribution is 0.126. The van der Waals surface area contributed by atoms with Crippen LogP contribution in [-0.4, -0.2) is 37.2 Å². The van der Waals surface area contributed by atoms with Crippen LogP contribution in [-0.2, 0) is 4.74 Å². The first-order valence-corrected chi connectivity index (χ1v) is 6.95. The topological polar surface area (TPSA) is 34.0 Å². The Morgan fingerprint density at radius 2 is 2.24 bits per heavy atom. The van der Waals surface area contributed by atoms with Gasteiger partial charge in [-0.3, -0.25) is 9.98 Å². The number of rotatable bonds is 6. The fourth-order valence-electron chi connectivity index (χ4n) is 2.55. The van der Waals surface area contributed by atoms with Gasteiger partial charge in [-0.1, -0.05) is 13.8 Å². The summed E-state index contributed by atoms with van der Waals surface area (Å²) in [4.78, 5) is 9.18. The van der Waals surface area contributed by atoms with E-state index >= 15 is 0 Å². The lowest BCUT2D eigenvalue weighted by Gasteiger charge is -2.16. The van der Waals surface area contributed by atoms with Crippen molar-refractivity contribution in [2.75, 3.05) is 19.8 Å². The molecular formula is C14H24N2O. The molecule has 0 saturated carbocycles. The first kappa shape index (κ1) is 12.7. The Labute approximate surface area is 104 Å². The van der Waals surface area contributed by atoms with Gasteiger partial charge in [-0.15, -0.1) is 0 Å². The van der Waals surface area contributed by atoms with Crippen LogP contribution < -0.4 is 0 Å². The summed E-state index contributed by atoms with van der Waals surface area (Å²) in [5.74, 6) is 0.543. The Balaban J connectivity index is 1.67. The SMILES string of the molecule is CCC1=NC(C(C)COCC2=NCCC2)CC1. The van der Waals surface area contributed by atoms with Crippen LogP contribution in [0.2, 0.25) is 0 Å². The Kier molecular flexibility index (Phi) is 4.72. The molecule has 0 spiro atoms. The monoisotopic (exact) mass is 236 g/mol. The van der Waals surface area contributed by atoms with Gasteiger partial charge < -0.3 is 4.74 Å². The molecule has 0 bridgehead atoms. The van der Waals surface area contributed by atoms with Crippen molar-refractivity contribution in [1.82, 2.24) is 0 Å². The van der Waals surface area contributed by atoms with E-state index in [2.05, 4.69) is 18.8 Å². The second-order valence-electron chi connectivity index (χ2n) is 5.20. The number of nitrogens with zero attached hydrogens (tertiary/aromatic N) is 2. The third-order valence-corrected chi connectivity index (χ3v) is 3.75. The zero-order valence-corrected chi connectivity index (χ0v) is 11.1. The smallest absolute Gasteiger partial charge is 0.0844 e. The molecule has 17 heavy (non-hydrogen) atoms. The maximum Gasteiger partial charge on any atom is 0.0844 e. The predicted molar refractivity (Wildman–Crippen MR) is 72.3 cm³/mol. The van der Waals surface area contributed by atoms with Gasteiger partial charge in [-0.2, -0.15) is 0 Å². The van der Waals surface area contributed by atoms with E-state index in [1.165, 1.54) is 30.7 Å². The molecular weight excluding hydrogens is 212 g/mol. The highest BCUT2D eigenvalue weighted by Gasteiger charge is 2.22. The summed E-state index contributed by atoms with van der Waals surface area (Å²) in [6.07, 6.45) is 5.87. The normalized spacial score (nSPS) is 25.9. The van der Waals surface area contributed by atoms with Crippen LogP contribution in [0.3, 0.4) is 0 Å². The van der Waals surface area contributed by atoms with Crippen LogP contribution in [0.4, 0.5) is 0 Å². The van der Waals surface area contributed by atoms with Crippen molar-refractivity contribution < 1.29 is 4.74 Å². The Hall–Kier alpha value is -0.700. The van der Waals surface area contributed by atoms with Crippen molar-refractivity contribution >= 4 is 11.4 Å². The highest BCUT2D eigenvalue weighted by molar-refractivity contribution is 5.87. The van der Waals surface area contributed by atoms with E-state index in [0.29, 0.717) is 12.0 Å². The summed E-state index contributed by atoms with van der Waals surface area (Å²) in [5.41, 5.74) is 2.64. The summed E-state index contributed by atoms with van der Waals surface area (Å²) < 4.78 is 5.76. The van der Waals surface area contributed by atoms with Gasteiger partial charge in [0.05, 0.1) is 19.3 Å². The van der Waals surface area contributed by atoms with E-state index in [9.17, 15) is 0 Å². The molecule has 0 fully saturated rings. The molecule has 2 atom stereocenters. The second kappa shape index (κ2) is 6.29. The summed E-state index contributed by atoms with van der Waals surface area (Å²) in [6.45, 7) is 7.01. The first-order valence-electron chi connectivity index (χ1n) is 6.95. The molecule has 0 radical (unpaired) electrons. The van der Waals surface area contributed by atoms with Gasteiger partial charge in [0, 0.05) is 23.9 Å². The first-order chi connectivity index (χ1) is 8.29. The van der Waals surface area contributed by atoms with E-state index in [0.717, 1.165) is 32.6 Å². The molecule has 0 aromatic heterocycles. The third kappa shape index (κ3) is 3.63. The lowest BCUT2D eigenvalue weighted by atomic mass is 10.0. The number of aliphatic imine (C=N–C) groups is 2. The largest absolute Gasteiger partial charge is 0.375 e. The highest BCUT2D eigenvalue weighted by atomic mass is 16.5. The van der Waals surface area contributed by atoms with E-state index in [-0.39, 0.29) is 0 Å². The van der Waals surface area contributed by atoms with Crippen molar-refractivity contribution in [2.24, 2.45) is 15.9 Å². The van der Waals surface area contributed by atoms with E-state index in [4.69, 9.17) is 9.73 Å². The summed E-state index contributed by atoms with van der Waals surface area (Å²) >= 11 is 0. The molecule has 3 heteroatoms. The van der Waals surface area contributed by atoms with Crippen molar-refractivity contribution in [3.63, 3.8) is 0 Å². The quantitative estimate of drug-likeness (QED) is 0.698. The predicted octanol–water partition coefficient (Wildman–Crippen LogP) is 2.89. The van der Waals surface area contributed by atoms with Crippen LogP contribution in [0.5, 0.6) is 0 Å². The lowest BCUT2D eigenvalue weighted by Crippen LogP contribution is -2.20. The minimum Gasteiger partial charge on any atom is -0.375 e. The Morgan fingerprint density at radius 1 is 1.35 bits per heavy atom. The second-order valence-corrected chi connectivity index (χ2v) is 5.20. The molecule has 3 nitrogen and oxygen atoms in total. The Bertz CT molecular complexity index is 309. The summed E-state index contributed by atoms with van der Waals surface area (Å²) in [5, 5.41) is 0. The standard InChI is InChI=1S/C14H24N2O/c1-3-12-6-7-14(16-12)11(2)9-17-10-13-5-4-8-15-13/h11,14H,3-10H2,1-2H3. The minimum absolute atomic E-state index is 0.496. The van der Waals surface area contributed by atoms with Gasteiger partial charge in [0.15, 0.2) is 0 Å². The Morgan fingerprint density at radius 3 is 2.88 bits per heavy atom. The van der Waals surface area contributed by atoms with Crippen molar-refractivity contribution in [2.45, 2.75) is 52.0 Å². The zero-order chi connectivity index (χ0) is 12.1. The van der Waals surface area contributed by atoms with Gasteiger partial charge in [-0.25, -0.2) is 0 Å². The molecule has 0 aromatic rings. The fraction of sp³-hybridized carbons (Fsp3) is 0.857. The van der Waals surface area contributed by atoms with Crippen LogP contribution in [0.1, 0.15) is 46.0 Å². The molecule has 0 saturated heterocycles. The average molecular weight is 236 g/mol. The maximum absolute atomic E-state index is 5.76. The number of ether oxygens (including phenoxy) is 1. The summed E-state index contributed by atoms with van der Waals surface area (Å²) in [6, 6.07) is 0.496. The van der Waals surface area contributed by atoms with Crippen LogP contribution >= 0.6 is 0 Å². The number of hydrogen-bond acceptors (Lipinski definition) is 3.